The number of carbonyl (C=O) groups excluding carboxylic acids is 2. The SMILES string of the molecule is COc1cc(OC)c(NC(=O)c2ccccc2OCC(N)=O)cc1Cl. The Balaban J connectivity index is 2.28. The monoisotopic (exact) mass is 364 g/mol. The molecule has 2 aromatic carbocycles. The molecule has 0 spiro atoms. The smallest absolute Gasteiger partial charge is 0.259 e. The van der Waals surface area contributed by atoms with Gasteiger partial charge in [-0.15, -0.1) is 0 Å². The number of amides is 2. The van der Waals surface area contributed by atoms with Crippen LogP contribution in [-0.2, 0) is 4.79 Å². The van der Waals surface area contributed by atoms with Crippen molar-refractivity contribution in [3.63, 3.8) is 0 Å². The number of methoxy groups -OCH3 is 2. The number of para-hydroxylation sites is 1. The lowest BCUT2D eigenvalue weighted by Crippen LogP contribution is -2.21. The molecule has 0 saturated carbocycles. The molecule has 8 heteroatoms. The van der Waals surface area contributed by atoms with Crippen molar-refractivity contribution in [1.29, 1.82) is 0 Å². The second kappa shape index (κ2) is 8.25. The fourth-order valence-corrected chi connectivity index (χ4v) is 2.32. The van der Waals surface area contributed by atoms with Crippen LogP contribution in [0.4, 0.5) is 5.69 Å². The maximum atomic E-state index is 12.6. The summed E-state index contributed by atoms with van der Waals surface area (Å²) in [5.74, 6) is -0.0670. The number of primary amides is 1. The first-order valence-corrected chi connectivity index (χ1v) is 7.57. The summed E-state index contributed by atoms with van der Waals surface area (Å²) in [5, 5.41) is 3.01. The van der Waals surface area contributed by atoms with E-state index < -0.39 is 11.8 Å². The number of benzene rings is 2. The minimum atomic E-state index is -0.640. The average molecular weight is 365 g/mol. The highest BCUT2D eigenvalue weighted by molar-refractivity contribution is 6.32. The number of hydrogen-bond donors (Lipinski definition) is 2. The first-order valence-electron chi connectivity index (χ1n) is 7.19. The molecule has 0 heterocycles. The maximum absolute atomic E-state index is 12.6. The molecule has 0 aliphatic heterocycles. The van der Waals surface area contributed by atoms with E-state index in [4.69, 9.17) is 31.5 Å². The van der Waals surface area contributed by atoms with Gasteiger partial charge in [-0.25, -0.2) is 0 Å². The first-order chi connectivity index (χ1) is 12.0. The van der Waals surface area contributed by atoms with Crippen LogP contribution in [0.2, 0.25) is 5.02 Å². The molecule has 7 nitrogen and oxygen atoms in total. The molecule has 0 fully saturated rings. The molecule has 2 amide bonds. The average Bonchev–Trinajstić information content (AvgIpc) is 2.60. The lowest BCUT2D eigenvalue weighted by molar-refractivity contribution is -0.119. The number of ether oxygens (including phenoxy) is 3. The van der Waals surface area contributed by atoms with E-state index in [1.807, 2.05) is 0 Å². The summed E-state index contributed by atoms with van der Waals surface area (Å²) in [6.45, 7) is -0.331. The van der Waals surface area contributed by atoms with Crippen LogP contribution in [0.3, 0.4) is 0 Å². The Morgan fingerprint density at radius 1 is 1.08 bits per heavy atom. The topological polar surface area (TPSA) is 99.9 Å². The zero-order chi connectivity index (χ0) is 18.4. The van der Waals surface area contributed by atoms with E-state index in [1.165, 1.54) is 20.3 Å². The van der Waals surface area contributed by atoms with Gasteiger partial charge in [0.15, 0.2) is 6.61 Å². The van der Waals surface area contributed by atoms with Gasteiger partial charge < -0.3 is 25.3 Å². The summed E-state index contributed by atoms with van der Waals surface area (Å²) in [7, 11) is 2.94. The summed E-state index contributed by atoms with van der Waals surface area (Å²) >= 11 is 6.10. The van der Waals surface area contributed by atoms with E-state index in [2.05, 4.69) is 5.32 Å². The Bertz CT molecular complexity index is 795. The van der Waals surface area contributed by atoms with E-state index in [-0.39, 0.29) is 17.9 Å². The molecule has 0 radical (unpaired) electrons. The van der Waals surface area contributed by atoms with Crippen LogP contribution in [0.15, 0.2) is 36.4 Å². The van der Waals surface area contributed by atoms with Gasteiger partial charge in [0.05, 0.1) is 30.5 Å². The minimum Gasteiger partial charge on any atom is -0.495 e. The normalized spacial score (nSPS) is 10.0. The summed E-state index contributed by atoms with van der Waals surface area (Å²) in [6.07, 6.45) is 0. The molecule has 2 rings (SSSR count). The Labute approximate surface area is 149 Å². The Morgan fingerprint density at radius 2 is 1.76 bits per heavy atom. The van der Waals surface area contributed by atoms with Gasteiger partial charge in [0.2, 0.25) is 0 Å². The molecule has 3 N–H and O–H groups in total. The quantitative estimate of drug-likeness (QED) is 0.786. The summed E-state index contributed by atoms with van der Waals surface area (Å²) in [5.41, 5.74) is 5.66. The third-order valence-electron chi connectivity index (χ3n) is 3.22. The van der Waals surface area contributed by atoms with Crippen molar-refractivity contribution >= 4 is 29.1 Å². The number of halogens is 1. The Morgan fingerprint density at radius 3 is 2.40 bits per heavy atom. The number of anilines is 1. The van der Waals surface area contributed by atoms with Gasteiger partial charge in [-0.3, -0.25) is 9.59 Å². The molecule has 0 aromatic heterocycles. The van der Waals surface area contributed by atoms with E-state index in [0.717, 1.165) is 0 Å². The molecule has 2 aromatic rings. The van der Waals surface area contributed by atoms with Crippen LogP contribution in [0.1, 0.15) is 10.4 Å². The van der Waals surface area contributed by atoms with E-state index >= 15 is 0 Å². The Kier molecular flexibility index (Phi) is 6.08. The van der Waals surface area contributed by atoms with Gasteiger partial charge in [0.1, 0.15) is 17.2 Å². The minimum absolute atomic E-state index is 0.234. The summed E-state index contributed by atoms with van der Waals surface area (Å²) in [4.78, 5) is 23.5. The van der Waals surface area contributed by atoms with E-state index in [1.54, 1.807) is 30.3 Å². The summed E-state index contributed by atoms with van der Waals surface area (Å²) < 4.78 is 15.6. The van der Waals surface area contributed by atoms with Crippen molar-refractivity contribution < 1.29 is 23.8 Å². The van der Waals surface area contributed by atoms with Crippen LogP contribution in [-0.4, -0.2) is 32.6 Å². The number of nitrogens with one attached hydrogen (secondary N) is 1. The van der Waals surface area contributed by atoms with Crippen molar-refractivity contribution in [1.82, 2.24) is 0 Å². The fourth-order valence-electron chi connectivity index (χ4n) is 2.08. The largest absolute Gasteiger partial charge is 0.495 e. The lowest BCUT2D eigenvalue weighted by atomic mass is 10.1. The zero-order valence-electron chi connectivity index (χ0n) is 13.7. The molecule has 0 unspecified atom stereocenters. The molecule has 0 bridgehead atoms. The highest BCUT2D eigenvalue weighted by Crippen LogP contribution is 2.36. The van der Waals surface area contributed by atoms with Crippen molar-refractivity contribution in [2.24, 2.45) is 5.73 Å². The van der Waals surface area contributed by atoms with E-state index in [0.29, 0.717) is 22.2 Å². The first kappa shape index (κ1) is 18.4. The van der Waals surface area contributed by atoms with Crippen LogP contribution < -0.4 is 25.3 Å². The number of carbonyl (C=O) groups is 2. The third-order valence-corrected chi connectivity index (χ3v) is 3.52. The number of nitrogens with two attached hydrogens (primary N) is 1. The molecular formula is C17H17ClN2O5. The molecule has 25 heavy (non-hydrogen) atoms. The van der Waals surface area contributed by atoms with Gasteiger partial charge in [-0.2, -0.15) is 0 Å². The van der Waals surface area contributed by atoms with Crippen LogP contribution in [0, 0.1) is 0 Å². The fraction of sp³-hybridized carbons (Fsp3) is 0.176. The van der Waals surface area contributed by atoms with Gasteiger partial charge in [-0.05, 0) is 18.2 Å². The molecule has 0 atom stereocenters. The third kappa shape index (κ3) is 4.54. The molecule has 132 valence electrons. The zero-order valence-corrected chi connectivity index (χ0v) is 14.4. The molecular weight excluding hydrogens is 348 g/mol. The standard InChI is InChI=1S/C17H17ClN2O5/c1-23-14-8-15(24-2)12(7-11(14)18)20-17(22)10-5-3-4-6-13(10)25-9-16(19)21/h3-8H,9H2,1-2H3,(H2,19,21)(H,20,22). The van der Waals surface area contributed by atoms with Gasteiger partial charge in [0.25, 0.3) is 11.8 Å². The van der Waals surface area contributed by atoms with Crippen molar-refractivity contribution in [3.05, 3.63) is 47.0 Å². The predicted molar refractivity (Wildman–Crippen MR) is 93.6 cm³/mol. The van der Waals surface area contributed by atoms with E-state index in [9.17, 15) is 9.59 Å². The second-order valence-electron chi connectivity index (χ2n) is 4.89. The van der Waals surface area contributed by atoms with Crippen LogP contribution >= 0.6 is 11.6 Å². The highest BCUT2D eigenvalue weighted by atomic mass is 35.5. The van der Waals surface area contributed by atoms with Gasteiger partial charge >= 0.3 is 0 Å². The lowest BCUT2D eigenvalue weighted by Gasteiger charge is -2.14. The van der Waals surface area contributed by atoms with Crippen LogP contribution in [0.5, 0.6) is 17.2 Å². The molecule has 0 aliphatic rings. The van der Waals surface area contributed by atoms with Crippen molar-refractivity contribution in [2.75, 3.05) is 26.1 Å². The molecule has 0 aliphatic carbocycles. The number of rotatable bonds is 7. The summed E-state index contributed by atoms with van der Waals surface area (Å²) in [6, 6.07) is 9.55. The second-order valence-corrected chi connectivity index (χ2v) is 5.30. The maximum Gasteiger partial charge on any atom is 0.259 e. The van der Waals surface area contributed by atoms with Crippen molar-refractivity contribution in [2.45, 2.75) is 0 Å². The highest BCUT2D eigenvalue weighted by Gasteiger charge is 2.17. The van der Waals surface area contributed by atoms with Gasteiger partial charge in [-0.1, -0.05) is 23.7 Å². The Hall–Kier alpha value is -2.93. The van der Waals surface area contributed by atoms with Crippen LogP contribution in [0.25, 0.3) is 0 Å². The predicted octanol–water partition coefficient (Wildman–Crippen LogP) is 2.47. The van der Waals surface area contributed by atoms with Crippen molar-refractivity contribution in [3.8, 4) is 17.2 Å². The number of hydrogen-bond acceptors (Lipinski definition) is 5. The van der Waals surface area contributed by atoms with Gasteiger partial charge in [0, 0.05) is 6.07 Å². The molecule has 0 saturated heterocycles.